The molecule has 4 aromatic heterocycles. The predicted molar refractivity (Wildman–Crippen MR) is 83.8 cm³/mol. The number of thiophene rings is 2. The lowest BCUT2D eigenvalue weighted by Gasteiger charge is -1.85. The molecule has 4 aromatic rings. The minimum Gasteiger partial charge on any atom is -0.277 e. The van der Waals surface area contributed by atoms with Crippen LogP contribution in [0, 0.1) is 0 Å². The highest BCUT2D eigenvalue weighted by atomic mass is 32.1. The van der Waals surface area contributed by atoms with Crippen molar-refractivity contribution in [3.8, 4) is 21.1 Å². The highest BCUT2D eigenvalue weighted by molar-refractivity contribution is 7.13. The molecule has 0 aliphatic heterocycles. The van der Waals surface area contributed by atoms with E-state index in [1.165, 1.54) is 9.75 Å². The van der Waals surface area contributed by atoms with Crippen molar-refractivity contribution >= 4 is 22.7 Å². The van der Waals surface area contributed by atoms with Crippen LogP contribution in [0.25, 0.3) is 21.1 Å². The molecule has 0 spiro atoms. The molecule has 20 heavy (non-hydrogen) atoms. The predicted octanol–water partition coefficient (Wildman–Crippen LogP) is 4.28. The molecular weight excluding hydrogens is 288 g/mol. The number of H-pyrrole nitrogens is 2. The molecule has 0 atom stereocenters. The number of rotatable bonds is 2. The number of aromatic amines is 2. The van der Waals surface area contributed by atoms with Crippen LogP contribution in [0.4, 0.5) is 0 Å². The maximum atomic E-state index is 3.86. The van der Waals surface area contributed by atoms with E-state index in [1.54, 1.807) is 35.1 Å². The van der Waals surface area contributed by atoms with Crippen LogP contribution < -0.4 is 0 Å². The van der Waals surface area contributed by atoms with Gasteiger partial charge in [-0.1, -0.05) is 12.1 Å². The van der Waals surface area contributed by atoms with Gasteiger partial charge in [0.15, 0.2) is 0 Å². The third-order valence-electron chi connectivity index (χ3n) is 2.57. The summed E-state index contributed by atoms with van der Waals surface area (Å²) in [6, 6.07) is 12.1. The molecule has 4 rings (SSSR count). The van der Waals surface area contributed by atoms with Gasteiger partial charge in [0.2, 0.25) is 0 Å². The lowest BCUT2D eigenvalue weighted by atomic mass is 10.4. The molecule has 100 valence electrons. The van der Waals surface area contributed by atoms with E-state index in [0.29, 0.717) is 0 Å². The average molecular weight is 300 g/mol. The summed E-state index contributed by atoms with van der Waals surface area (Å²) < 4.78 is 0. The SMILES string of the molecule is c1csc(-c2ccn[nH]2)c1.c1csc(-c2ccn[nH]2)c1. The van der Waals surface area contributed by atoms with E-state index >= 15 is 0 Å². The Morgan fingerprint density at radius 1 is 0.700 bits per heavy atom. The monoisotopic (exact) mass is 300 g/mol. The Morgan fingerprint density at radius 3 is 1.50 bits per heavy atom. The summed E-state index contributed by atoms with van der Waals surface area (Å²) in [5.74, 6) is 0. The fraction of sp³-hybridized carbons (Fsp3) is 0. The number of hydrogen-bond donors (Lipinski definition) is 2. The second kappa shape index (κ2) is 6.31. The van der Waals surface area contributed by atoms with Gasteiger partial charge in [-0.25, -0.2) is 0 Å². The summed E-state index contributed by atoms with van der Waals surface area (Å²) in [5, 5.41) is 17.6. The van der Waals surface area contributed by atoms with E-state index in [1.807, 2.05) is 24.3 Å². The minimum absolute atomic E-state index is 1.09. The van der Waals surface area contributed by atoms with Crippen molar-refractivity contribution in [2.24, 2.45) is 0 Å². The molecule has 0 saturated carbocycles. The summed E-state index contributed by atoms with van der Waals surface area (Å²) in [7, 11) is 0. The Labute approximate surface area is 124 Å². The van der Waals surface area contributed by atoms with Crippen molar-refractivity contribution in [1.29, 1.82) is 0 Å². The highest BCUT2D eigenvalue weighted by Gasteiger charge is 1.97. The average Bonchev–Trinajstić information content (AvgIpc) is 3.29. The first-order chi connectivity index (χ1) is 9.93. The molecule has 4 nitrogen and oxygen atoms in total. The molecule has 2 N–H and O–H groups in total. The molecule has 0 aliphatic rings. The quantitative estimate of drug-likeness (QED) is 0.580. The standard InChI is InChI=1S/2C7H6N2S/c2*1-2-7(10-5-1)6-3-4-8-9-6/h2*1-5H,(H,8,9). The Bertz CT molecular complexity index is 567. The third kappa shape index (κ3) is 3.04. The fourth-order valence-electron chi connectivity index (χ4n) is 1.65. The van der Waals surface area contributed by atoms with Gasteiger partial charge in [0.1, 0.15) is 0 Å². The zero-order valence-electron chi connectivity index (χ0n) is 10.5. The van der Waals surface area contributed by atoms with Gasteiger partial charge >= 0.3 is 0 Å². The van der Waals surface area contributed by atoms with Crippen molar-refractivity contribution < 1.29 is 0 Å². The molecule has 0 fully saturated rings. The first kappa shape index (κ1) is 12.8. The maximum Gasteiger partial charge on any atom is 0.0749 e. The van der Waals surface area contributed by atoms with Crippen LogP contribution in [0.2, 0.25) is 0 Å². The molecule has 0 unspecified atom stereocenters. The van der Waals surface area contributed by atoms with Crippen molar-refractivity contribution in [3.63, 3.8) is 0 Å². The minimum atomic E-state index is 1.09. The van der Waals surface area contributed by atoms with E-state index in [0.717, 1.165) is 11.4 Å². The number of nitrogens with one attached hydrogen (secondary N) is 2. The summed E-state index contributed by atoms with van der Waals surface area (Å²) in [6.45, 7) is 0. The van der Waals surface area contributed by atoms with Gasteiger partial charge in [0, 0.05) is 12.4 Å². The molecule has 0 radical (unpaired) electrons. The van der Waals surface area contributed by atoms with Gasteiger partial charge in [-0.2, -0.15) is 10.2 Å². The molecule has 0 aromatic carbocycles. The molecular formula is C14H12N4S2. The van der Waals surface area contributed by atoms with E-state index in [-0.39, 0.29) is 0 Å². The van der Waals surface area contributed by atoms with E-state index in [9.17, 15) is 0 Å². The summed E-state index contributed by atoms with van der Waals surface area (Å²) >= 11 is 3.42. The van der Waals surface area contributed by atoms with E-state index < -0.39 is 0 Å². The topological polar surface area (TPSA) is 57.4 Å². The van der Waals surface area contributed by atoms with E-state index in [4.69, 9.17) is 0 Å². The Kier molecular flexibility index (Phi) is 4.05. The maximum absolute atomic E-state index is 3.86. The van der Waals surface area contributed by atoms with Crippen LogP contribution >= 0.6 is 22.7 Å². The Hall–Kier alpha value is -2.18. The second-order valence-electron chi connectivity index (χ2n) is 3.90. The lowest BCUT2D eigenvalue weighted by Crippen LogP contribution is -1.69. The number of hydrogen-bond acceptors (Lipinski definition) is 4. The van der Waals surface area contributed by atoms with Gasteiger partial charge < -0.3 is 0 Å². The third-order valence-corrected chi connectivity index (χ3v) is 4.38. The zero-order chi connectivity index (χ0) is 13.6. The van der Waals surface area contributed by atoms with Crippen LogP contribution in [0.5, 0.6) is 0 Å². The van der Waals surface area contributed by atoms with Crippen LogP contribution in [-0.2, 0) is 0 Å². The van der Waals surface area contributed by atoms with Crippen molar-refractivity contribution in [1.82, 2.24) is 20.4 Å². The summed E-state index contributed by atoms with van der Waals surface area (Å²) in [5.41, 5.74) is 2.19. The van der Waals surface area contributed by atoms with Crippen molar-refractivity contribution in [3.05, 3.63) is 59.6 Å². The first-order valence-electron chi connectivity index (χ1n) is 6.00. The smallest absolute Gasteiger partial charge is 0.0749 e. The molecule has 0 bridgehead atoms. The molecule has 4 heterocycles. The second-order valence-corrected chi connectivity index (χ2v) is 5.79. The first-order valence-corrected chi connectivity index (χ1v) is 7.76. The van der Waals surface area contributed by atoms with Gasteiger partial charge in [-0.05, 0) is 35.0 Å². The van der Waals surface area contributed by atoms with Gasteiger partial charge in [0.25, 0.3) is 0 Å². The molecule has 0 amide bonds. The van der Waals surface area contributed by atoms with Crippen LogP contribution in [0.3, 0.4) is 0 Å². The van der Waals surface area contributed by atoms with Gasteiger partial charge in [0.05, 0.1) is 21.1 Å². The van der Waals surface area contributed by atoms with Gasteiger partial charge in [-0.3, -0.25) is 10.2 Å². The van der Waals surface area contributed by atoms with Crippen LogP contribution in [-0.4, -0.2) is 20.4 Å². The number of aromatic nitrogens is 4. The normalized spacial score (nSPS) is 10.0. The molecule has 6 heteroatoms. The molecule has 0 saturated heterocycles. The van der Waals surface area contributed by atoms with Gasteiger partial charge in [-0.15, -0.1) is 22.7 Å². The lowest BCUT2D eigenvalue weighted by molar-refractivity contribution is 1.10. The number of nitrogens with zero attached hydrogens (tertiary/aromatic N) is 2. The fourth-order valence-corrected chi connectivity index (χ4v) is 3.05. The largest absolute Gasteiger partial charge is 0.277 e. The molecule has 0 aliphatic carbocycles. The van der Waals surface area contributed by atoms with Crippen molar-refractivity contribution in [2.75, 3.05) is 0 Å². The zero-order valence-corrected chi connectivity index (χ0v) is 12.1. The van der Waals surface area contributed by atoms with E-state index in [2.05, 4.69) is 43.3 Å². The highest BCUT2D eigenvalue weighted by Crippen LogP contribution is 2.21. The summed E-state index contributed by atoms with van der Waals surface area (Å²) in [4.78, 5) is 2.47. The van der Waals surface area contributed by atoms with Crippen LogP contribution in [0.1, 0.15) is 0 Å². The summed E-state index contributed by atoms with van der Waals surface area (Å²) in [6.07, 6.45) is 3.52. The van der Waals surface area contributed by atoms with Crippen LogP contribution in [0.15, 0.2) is 59.6 Å². The van der Waals surface area contributed by atoms with Crippen molar-refractivity contribution in [2.45, 2.75) is 0 Å². The Balaban J connectivity index is 0.000000121. The Morgan fingerprint density at radius 2 is 1.20 bits per heavy atom.